The van der Waals surface area contributed by atoms with Crippen molar-refractivity contribution in [1.82, 2.24) is 10.2 Å². The van der Waals surface area contributed by atoms with Crippen LogP contribution >= 0.6 is 24.8 Å². The molecule has 1 aromatic rings. The van der Waals surface area contributed by atoms with Gasteiger partial charge in [0, 0.05) is 31.7 Å². The summed E-state index contributed by atoms with van der Waals surface area (Å²) in [5, 5.41) is 3.07. The van der Waals surface area contributed by atoms with Crippen LogP contribution in [0.1, 0.15) is 11.6 Å². The lowest BCUT2D eigenvalue weighted by atomic mass is 10.0. The molecule has 1 aliphatic rings. The fourth-order valence-corrected chi connectivity index (χ4v) is 2.35. The van der Waals surface area contributed by atoms with E-state index in [2.05, 4.69) is 10.1 Å². The average Bonchev–Trinajstić information content (AvgIpc) is 2.43. The predicted molar refractivity (Wildman–Crippen MR) is 80.7 cm³/mol. The molecule has 0 aliphatic carbocycles. The van der Waals surface area contributed by atoms with Gasteiger partial charge in [-0.3, -0.25) is 4.90 Å². The van der Waals surface area contributed by atoms with Crippen molar-refractivity contribution in [3.8, 4) is 5.75 Å². The molecule has 1 saturated heterocycles. The first kappa shape index (κ1) is 22.2. The molecule has 134 valence electrons. The van der Waals surface area contributed by atoms with Crippen molar-refractivity contribution in [2.45, 2.75) is 12.4 Å². The number of rotatable bonds is 4. The summed E-state index contributed by atoms with van der Waals surface area (Å²) in [5.74, 6) is -1.29. The minimum atomic E-state index is -4.87. The van der Waals surface area contributed by atoms with Gasteiger partial charge >= 0.3 is 6.36 Å². The Hall–Kier alpha value is -0.830. The van der Waals surface area contributed by atoms with Gasteiger partial charge < -0.3 is 10.1 Å². The second-order valence-corrected chi connectivity index (χ2v) is 4.69. The second kappa shape index (κ2) is 9.46. The van der Waals surface area contributed by atoms with Crippen LogP contribution in [-0.2, 0) is 0 Å². The number of nitrogens with one attached hydrogen (secondary N) is 1. The highest BCUT2D eigenvalue weighted by Gasteiger charge is 2.32. The minimum Gasteiger partial charge on any atom is -0.406 e. The molecule has 1 atom stereocenters. The molecule has 0 saturated carbocycles. The monoisotopic (exact) mass is 382 g/mol. The number of alkyl halides is 4. The van der Waals surface area contributed by atoms with Crippen LogP contribution in [0.3, 0.4) is 0 Å². The molecule has 1 aromatic carbocycles. The van der Waals surface area contributed by atoms with Crippen LogP contribution in [0.5, 0.6) is 5.75 Å². The molecule has 1 fully saturated rings. The molecule has 1 N–H and O–H groups in total. The SMILES string of the molecule is Cl.Cl.FC[C@H](c1cc(OC(F)(F)F)ccc1F)N1CCNCC1. The molecule has 0 radical (unpaired) electrons. The van der Waals surface area contributed by atoms with E-state index in [0.717, 1.165) is 18.2 Å². The van der Waals surface area contributed by atoms with Crippen molar-refractivity contribution < 1.29 is 26.7 Å². The van der Waals surface area contributed by atoms with E-state index in [0.29, 0.717) is 26.2 Å². The lowest BCUT2D eigenvalue weighted by molar-refractivity contribution is -0.274. The summed E-state index contributed by atoms with van der Waals surface area (Å²) in [7, 11) is 0. The van der Waals surface area contributed by atoms with Crippen LogP contribution in [0.4, 0.5) is 22.0 Å². The molecule has 0 aromatic heterocycles. The molecular formula is C13H17Cl2F5N2O. The molecule has 0 bridgehead atoms. The topological polar surface area (TPSA) is 24.5 Å². The van der Waals surface area contributed by atoms with Gasteiger partial charge in [-0.05, 0) is 18.2 Å². The number of benzene rings is 1. The lowest BCUT2D eigenvalue weighted by Gasteiger charge is -2.33. The van der Waals surface area contributed by atoms with Gasteiger partial charge in [0.1, 0.15) is 18.2 Å². The summed E-state index contributed by atoms with van der Waals surface area (Å²) >= 11 is 0. The van der Waals surface area contributed by atoms with E-state index >= 15 is 0 Å². The first-order valence-electron chi connectivity index (χ1n) is 6.46. The first-order chi connectivity index (χ1) is 9.90. The second-order valence-electron chi connectivity index (χ2n) is 4.69. The Morgan fingerprint density at radius 3 is 2.30 bits per heavy atom. The molecule has 1 aliphatic heterocycles. The van der Waals surface area contributed by atoms with Crippen LogP contribution in [0.15, 0.2) is 18.2 Å². The normalized spacial score (nSPS) is 16.9. The Balaban J connectivity index is 0.00000242. The highest BCUT2D eigenvalue weighted by Crippen LogP contribution is 2.30. The Kier molecular flexibility index (Phi) is 9.12. The van der Waals surface area contributed by atoms with Crippen molar-refractivity contribution in [3.05, 3.63) is 29.6 Å². The average molecular weight is 383 g/mol. The van der Waals surface area contributed by atoms with Crippen LogP contribution < -0.4 is 10.1 Å². The summed E-state index contributed by atoms with van der Waals surface area (Å²) in [6.07, 6.45) is -4.87. The first-order valence-corrected chi connectivity index (χ1v) is 6.46. The van der Waals surface area contributed by atoms with Crippen molar-refractivity contribution in [3.63, 3.8) is 0 Å². The van der Waals surface area contributed by atoms with E-state index in [-0.39, 0.29) is 30.4 Å². The third kappa shape index (κ3) is 6.29. The van der Waals surface area contributed by atoms with Gasteiger partial charge in [0.15, 0.2) is 0 Å². The third-order valence-electron chi connectivity index (χ3n) is 3.30. The van der Waals surface area contributed by atoms with Gasteiger partial charge in [0.25, 0.3) is 0 Å². The molecular weight excluding hydrogens is 366 g/mol. The van der Waals surface area contributed by atoms with Crippen LogP contribution in [-0.4, -0.2) is 44.1 Å². The molecule has 2 rings (SSSR count). The maximum atomic E-state index is 13.8. The van der Waals surface area contributed by atoms with E-state index in [1.807, 2.05) is 0 Å². The molecule has 0 unspecified atom stereocenters. The Bertz CT molecular complexity index is 484. The Labute approximate surface area is 143 Å². The van der Waals surface area contributed by atoms with Gasteiger partial charge in [0.05, 0.1) is 6.04 Å². The highest BCUT2D eigenvalue weighted by molar-refractivity contribution is 5.85. The van der Waals surface area contributed by atoms with Gasteiger partial charge in [-0.15, -0.1) is 38.0 Å². The summed E-state index contributed by atoms with van der Waals surface area (Å²) in [4.78, 5) is 1.70. The van der Waals surface area contributed by atoms with E-state index in [9.17, 15) is 22.0 Å². The number of nitrogens with zero attached hydrogens (tertiary/aromatic N) is 1. The molecule has 23 heavy (non-hydrogen) atoms. The number of halogens is 7. The minimum absolute atomic E-state index is 0. The predicted octanol–water partition coefficient (Wildman–Crippen LogP) is 3.48. The van der Waals surface area contributed by atoms with Gasteiger partial charge in [-0.25, -0.2) is 8.78 Å². The van der Waals surface area contributed by atoms with Gasteiger partial charge in [-0.2, -0.15) is 0 Å². The molecule has 10 heteroatoms. The highest BCUT2D eigenvalue weighted by atomic mass is 35.5. The fourth-order valence-electron chi connectivity index (χ4n) is 2.35. The standard InChI is InChI=1S/C13H15F5N2O.2ClH/c14-8-12(20-5-3-19-4-6-20)10-7-9(1-2-11(10)15)21-13(16,17)18;;/h1-2,7,12,19H,3-6,8H2;2*1H/t12-;;/m1../s1. The Morgan fingerprint density at radius 1 is 1.17 bits per heavy atom. The van der Waals surface area contributed by atoms with E-state index < -0.39 is 30.6 Å². The summed E-state index contributed by atoms with van der Waals surface area (Å²) in [5.41, 5.74) is -0.124. The maximum absolute atomic E-state index is 13.8. The van der Waals surface area contributed by atoms with Gasteiger partial charge in [-0.1, -0.05) is 0 Å². The molecule has 3 nitrogen and oxygen atoms in total. The molecule has 0 spiro atoms. The fraction of sp³-hybridized carbons (Fsp3) is 0.538. The number of ether oxygens (including phenoxy) is 1. The van der Waals surface area contributed by atoms with E-state index in [1.54, 1.807) is 4.90 Å². The summed E-state index contributed by atoms with van der Waals surface area (Å²) < 4.78 is 67.5. The number of hydrogen-bond donors (Lipinski definition) is 1. The molecule has 0 amide bonds. The Morgan fingerprint density at radius 2 is 1.78 bits per heavy atom. The quantitative estimate of drug-likeness (QED) is 0.806. The zero-order chi connectivity index (χ0) is 15.5. The zero-order valence-electron chi connectivity index (χ0n) is 11.9. The van der Waals surface area contributed by atoms with Gasteiger partial charge in [0.2, 0.25) is 0 Å². The maximum Gasteiger partial charge on any atom is 0.573 e. The van der Waals surface area contributed by atoms with Crippen molar-refractivity contribution >= 4 is 24.8 Å². The van der Waals surface area contributed by atoms with Crippen molar-refractivity contribution in [2.75, 3.05) is 32.9 Å². The number of piperazine rings is 1. The van der Waals surface area contributed by atoms with Crippen LogP contribution in [0.25, 0.3) is 0 Å². The zero-order valence-corrected chi connectivity index (χ0v) is 13.5. The smallest absolute Gasteiger partial charge is 0.406 e. The van der Waals surface area contributed by atoms with E-state index in [1.165, 1.54) is 0 Å². The van der Waals surface area contributed by atoms with Crippen molar-refractivity contribution in [2.24, 2.45) is 0 Å². The number of hydrogen-bond acceptors (Lipinski definition) is 3. The van der Waals surface area contributed by atoms with Crippen LogP contribution in [0, 0.1) is 5.82 Å². The summed E-state index contributed by atoms with van der Waals surface area (Å²) in [6, 6.07) is 1.74. The third-order valence-corrected chi connectivity index (χ3v) is 3.30. The summed E-state index contributed by atoms with van der Waals surface area (Å²) in [6.45, 7) is 1.36. The van der Waals surface area contributed by atoms with E-state index in [4.69, 9.17) is 0 Å². The largest absolute Gasteiger partial charge is 0.573 e. The lowest BCUT2D eigenvalue weighted by Crippen LogP contribution is -2.45. The van der Waals surface area contributed by atoms with Crippen molar-refractivity contribution in [1.29, 1.82) is 0 Å². The van der Waals surface area contributed by atoms with Crippen LogP contribution in [0.2, 0.25) is 0 Å². The molecule has 1 heterocycles.